The van der Waals surface area contributed by atoms with Crippen molar-refractivity contribution in [3.63, 3.8) is 0 Å². The predicted molar refractivity (Wildman–Crippen MR) is 50.7 cm³/mol. The Balaban J connectivity index is 0. The molecule has 0 saturated heterocycles. The normalized spacial score (nSPS) is 8.36. The van der Waals surface area contributed by atoms with Crippen molar-refractivity contribution in [3.8, 4) is 0 Å². The van der Waals surface area contributed by atoms with Gasteiger partial charge in [0.05, 0.1) is 0 Å². The molecule has 0 bridgehead atoms. The molecule has 0 aromatic heterocycles. The first-order valence-electron chi connectivity index (χ1n) is 3.26. The van der Waals surface area contributed by atoms with Crippen LogP contribution >= 0.6 is 11.6 Å². The van der Waals surface area contributed by atoms with E-state index in [1.54, 1.807) is 0 Å². The number of benzene rings is 1. The molecule has 14 heavy (non-hydrogen) atoms. The monoisotopic (exact) mass is 244 g/mol. The third-order valence-electron chi connectivity index (χ3n) is 1.13. The molecule has 7 heteroatoms. The van der Waals surface area contributed by atoms with Crippen LogP contribution in [0.25, 0.3) is 0 Å². The fourth-order valence-electron chi connectivity index (χ4n) is 0.617. The first-order valence-corrected chi connectivity index (χ1v) is 4.64. The van der Waals surface area contributed by atoms with Crippen LogP contribution in [0.15, 0.2) is 24.3 Å². The molecule has 0 atom stereocenters. The second-order valence-electron chi connectivity index (χ2n) is 1.96. The first kappa shape index (κ1) is 16.8. The van der Waals surface area contributed by atoms with E-state index in [4.69, 9.17) is 24.9 Å². The van der Waals surface area contributed by atoms with Gasteiger partial charge in [-0.2, -0.15) is 0 Å². The van der Waals surface area contributed by atoms with Crippen LogP contribution in [0, 0.1) is 0 Å². The minimum Gasteiger partial charge on any atom is -0.784 e. The van der Waals surface area contributed by atoms with Gasteiger partial charge in [0.15, 0.2) is 0 Å². The molecular formula is C7H8ClNNaO3S-. The van der Waals surface area contributed by atoms with Gasteiger partial charge in [0.2, 0.25) is 0 Å². The average molecular weight is 245 g/mol. The summed E-state index contributed by atoms with van der Waals surface area (Å²) < 4.78 is 25.3. The van der Waals surface area contributed by atoms with Crippen molar-refractivity contribution in [3.05, 3.63) is 29.3 Å². The molecule has 4 nitrogen and oxygen atoms in total. The number of halogens is 1. The first-order chi connectivity index (χ1) is 6.06. The third kappa shape index (κ3) is 10.5. The summed E-state index contributed by atoms with van der Waals surface area (Å²) in [7, 11) is 1.88. The molecule has 1 aromatic carbocycles. The summed E-state index contributed by atoms with van der Waals surface area (Å²) in [5.41, 5.74) is 1.08. The Labute approximate surface area is 112 Å². The minimum absolute atomic E-state index is 0. The van der Waals surface area contributed by atoms with Crippen LogP contribution in [0.1, 0.15) is 0 Å². The minimum atomic E-state index is -3.11. The topological polar surface area (TPSA) is 75.2 Å². The Morgan fingerprint density at radius 2 is 1.64 bits per heavy atom. The van der Waals surface area contributed by atoms with E-state index >= 15 is 0 Å². The maximum absolute atomic E-state index is 8.44. The van der Waals surface area contributed by atoms with Crippen LogP contribution in [0.3, 0.4) is 0 Å². The maximum atomic E-state index is 8.44. The van der Waals surface area contributed by atoms with Crippen LogP contribution in [-0.2, 0) is 11.4 Å². The van der Waals surface area contributed by atoms with Crippen LogP contribution in [0.4, 0.5) is 5.69 Å². The van der Waals surface area contributed by atoms with E-state index in [1.807, 2.05) is 31.3 Å². The van der Waals surface area contributed by atoms with Crippen molar-refractivity contribution in [2.45, 2.75) is 0 Å². The Bertz CT molecular complexity index is 266. The molecule has 0 heterocycles. The van der Waals surface area contributed by atoms with Crippen LogP contribution in [-0.4, -0.2) is 20.4 Å². The Kier molecular flexibility index (Phi) is 11.9. The largest absolute Gasteiger partial charge is 1.00 e. The van der Waals surface area contributed by atoms with Gasteiger partial charge in [-0.05, 0) is 24.3 Å². The Hall–Kier alpha value is 0.380. The molecule has 1 aromatic rings. The van der Waals surface area contributed by atoms with Crippen molar-refractivity contribution in [1.29, 1.82) is 0 Å². The summed E-state index contributed by atoms with van der Waals surface area (Å²) in [6.07, 6.45) is 0. The van der Waals surface area contributed by atoms with E-state index in [-0.39, 0.29) is 29.6 Å². The van der Waals surface area contributed by atoms with Gasteiger partial charge in [0, 0.05) is 17.8 Å². The molecule has 0 amide bonds. The zero-order chi connectivity index (χ0) is 10.3. The summed E-state index contributed by atoms with van der Waals surface area (Å²) in [5.74, 6) is 0. The summed E-state index contributed by atoms with van der Waals surface area (Å²) in [5, 5.41) is 3.77. The van der Waals surface area contributed by atoms with Crippen LogP contribution in [0.2, 0.25) is 5.02 Å². The zero-order valence-electron chi connectivity index (χ0n) is 7.82. The molecule has 0 aliphatic heterocycles. The number of anilines is 1. The van der Waals surface area contributed by atoms with Gasteiger partial charge >= 0.3 is 29.6 Å². The van der Waals surface area contributed by atoms with Gasteiger partial charge in [0.1, 0.15) is 0 Å². The standard InChI is InChI=1S/C7H8ClN.Na.H2O3S/c1-9-7-4-2-6(8)3-5-7;;1-4(2)3/h2-5,9H,1H3;;(H2,1,2,3)/q;+1;/p-2. The molecule has 0 fully saturated rings. The SMILES string of the molecule is CNc1ccc(Cl)cc1.O=S([O-])[O-].[Na+]. The second kappa shape index (κ2) is 9.92. The smallest absolute Gasteiger partial charge is 0.784 e. The fraction of sp³-hybridized carbons (Fsp3) is 0.143. The summed E-state index contributed by atoms with van der Waals surface area (Å²) in [6, 6.07) is 7.57. The molecule has 0 spiro atoms. The van der Waals surface area contributed by atoms with Gasteiger partial charge in [-0.3, -0.25) is 4.21 Å². The van der Waals surface area contributed by atoms with Gasteiger partial charge in [-0.15, -0.1) is 11.4 Å². The zero-order valence-corrected chi connectivity index (χ0v) is 11.4. The van der Waals surface area contributed by atoms with Crippen molar-refractivity contribution >= 4 is 28.6 Å². The van der Waals surface area contributed by atoms with Gasteiger partial charge < -0.3 is 14.4 Å². The summed E-state index contributed by atoms with van der Waals surface area (Å²) >= 11 is 2.53. The van der Waals surface area contributed by atoms with Gasteiger partial charge in [0.25, 0.3) is 0 Å². The molecule has 1 N–H and O–H groups in total. The number of hydrogen-bond acceptors (Lipinski definition) is 4. The summed E-state index contributed by atoms with van der Waals surface area (Å²) in [4.78, 5) is 0. The molecule has 1 rings (SSSR count). The molecule has 0 aliphatic rings. The van der Waals surface area contributed by atoms with Crippen LogP contribution in [0.5, 0.6) is 0 Å². The molecule has 0 unspecified atom stereocenters. The van der Waals surface area contributed by atoms with E-state index < -0.39 is 11.4 Å². The van der Waals surface area contributed by atoms with E-state index in [1.165, 1.54) is 0 Å². The van der Waals surface area contributed by atoms with E-state index in [9.17, 15) is 0 Å². The molecule has 0 saturated carbocycles. The Morgan fingerprint density at radius 1 is 1.29 bits per heavy atom. The van der Waals surface area contributed by atoms with Gasteiger partial charge in [-0.1, -0.05) is 11.6 Å². The number of rotatable bonds is 1. The van der Waals surface area contributed by atoms with Crippen molar-refractivity contribution in [2.75, 3.05) is 12.4 Å². The third-order valence-corrected chi connectivity index (χ3v) is 1.38. The molecule has 0 radical (unpaired) electrons. The van der Waals surface area contributed by atoms with Crippen LogP contribution < -0.4 is 34.9 Å². The number of hydrogen-bond donors (Lipinski definition) is 1. The van der Waals surface area contributed by atoms with E-state index in [0.717, 1.165) is 10.7 Å². The van der Waals surface area contributed by atoms with E-state index in [0.29, 0.717) is 0 Å². The quantitative estimate of drug-likeness (QED) is 0.476. The van der Waals surface area contributed by atoms with Crippen molar-refractivity contribution < 1.29 is 42.9 Å². The van der Waals surface area contributed by atoms with E-state index in [2.05, 4.69) is 5.32 Å². The molecular weight excluding hydrogens is 237 g/mol. The second-order valence-corrected chi connectivity index (χ2v) is 2.81. The predicted octanol–water partition coefficient (Wildman–Crippen LogP) is -1.62. The van der Waals surface area contributed by atoms with Gasteiger partial charge in [-0.25, -0.2) is 0 Å². The van der Waals surface area contributed by atoms with Crippen molar-refractivity contribution in [1.82, 2.24) is 0 Å². The average Bonchev–Trinajstić information content (AvgIpc) is 2.05. The molecule has 0 aliphatic carbocycles. The maximum Gasteiger partial charge on any atom is 1.00 e. The molecule has 74 valence electrons. The number of nitrogens with one attached hydrogen (secondary N) is 1. The van der Waals surface area contributed by atoms with Crippen molar-refractivity contribution in [2.24, 2.45) is 0 Å². The summed E-state index contributed by atoms with van der Waals surface area (Å²) in [6.45, 7) is 0. The fourth-order valence-corrected chi connectivity index (χ4v) is 0.743. The Morgan fingerprint density at radius 3 is 1.93 bits per heavy atom.